The number of carboxylic acids is 1. The molecule has 1 aliphatic rings. The lowest BCUT2D eigenvalue weighted by atomic mass is 9.92. The van der Waals surface area contributed by atoms with E-state index in [1.807, 2.05) is 12.1 Å². The van der Waals surface area contributed by atoms with E-state index in [1.165, 1.54) is 13.2 Å². The van der Waals surface area contributed by atoms with Crippen LogP contribution in [0.5, 0.6) is 5.75 Å². The molecule has 2 N–H and O–H groups in total. The number of aromatic amines is 1. The number of ether oxygens (including phenoxy) is 2. The van der Waals surface area contributed by atoms with Gasteiger partial charge in [0.15, 0.2) is 11.6 Å². The Kier molecular flexibility index (Phi) is 5.56. The van der Waals surface area contributed by atoms with Crippen LogP contribution in [0.25, 0.3) is 10.9 Å². The van der Waals surface area contributed by atoms with Gasteiger partial charge in [-0.1, -0.05) is 0 Å². The Morgan fingerprint density at radius 3 is 2.54 bits per heavy atom. The van der Waals surface area contributed by atoms with E-state index in [-0.39, 0.29) is 11.3 Å². The van der Waals surface area contributed by atoms with E-state index in [9.17, 15) is 14.3 Å². The molecule has 2 heterocycles. The molecule has 0 radical (unpaired) electrons. The Labute approximate surface area is 201 Å². The molecular weight excluding hydrogens is 451 g/mol. The van der Waals surface area contributed by atoms with E-state index < -0.39 is 17.3 Å². The molecule has 0 saturated heterocycles. The van der Waals surface area contributed by atoms with E-state index in [4.69, 9.17) is 9.47 Å². The lowest BCUT2D eigenvalue weighted by Crippen LogP contribution is -2.57. The fourth-order valence-corrected chi connectivity index (χ4v) is 4.82. The number of carboxylic acid groups (broad SMARTS) is 1. The summed E-state index contributed by atoms with van der Waals surface area (Å²) < 4.78 is 25.2. The predicted molar refractivity (Wildman–Crippen MR) is 132 cm³/mol. The molecule has 1 aliphatic heterocycles. The number of H-pyrrole nitrogens is 1. The molecule has 35 heavy (non-hydrogen) atoms. The van der Waals surface area contributed by atoms with Crippen LogP contribution in [0.3, 0.4) is 0 Å². The SMILES string of the molecule is COCC1(C)CN(c2ccc(C(=O)O)cc2)c2cc3[nH]ncc3cc2N1c1ccc(F)c(OC)c1. The van der Waals surface area contributed by atoms with Crippen LogP contribution in [0, 0.1) is 5.82 Å². The van der Waals surface area contributed by atoms with Gasteiger partial charge in [0, 0.05) is 36.5 Å². The van der Waals surface area contributed by atoms with Gasteiger partial charge in [-0.15, -0.1) is 0 Å². The number of hydrogen-bond acceptors (Lipinski definition) is 6. The van der Waals surface area contributed by atoms with E-state index in [0.29, 0.717) is 13.2 Å². The summed E-state index contributed by atoms with van der Waals surface area (Å²) in [6.45, 7) is 2.96. The highest BCUT2D eigenvalue weighted by atomic mass is 19.1. The highest BCUT2D eigenvalue weighted by Gasteiger charge is 2.42. The Morgan fingerprint density at radius 1 is 1.11 bits per heavy atom. The third-order valence-corrected chi connectivity index (χ3v) is 6.38. The number of aromatic nitrogens is 2. The molecule has 0 amide bonds. The third kappa shape index (κ3) is 3.83. The molecule has 3 aromatic carbocycles. The standard InChI is InChI=1S/C26H25FN4O4/c1-26(15-34-2)14-30(18-6-4-16(5-7-18)25(32)33)22-12-21-17(13-28-29-21)10-23(22)31(26)19-8-9-20(27)24(11-19)35-3/h4-13H,14-15H2,1-3H3,(H,28,29)(H,32,33). The Bertz CT molecular complexity index is 1400. The smallest absolute Gasteiger partial charge is 0.335 e. The van der Waals surface area contributed by atoms with Crippen LogP contribution >= 0.6 is 0 Å². The maximum absolute atomic E-state index is 14.3. The number of methoxy groups -OCH3 is 2. The number of benzene rings is 3. The number of anilines is 4. The van der Waals surface area contributed by atoms with Crippen molar-refractivity contribution in [1.82, 2.24) is 10.2 Å². The van der Waals surface area contributed by atoms with Crippen LogP contribution in [0.1, 0.15) is 17.3 Å². The van der Waals surface area contributed by atoms with Gasteiger partial charge >= 0.3 is 5.97 Å². The summed E-state index contributed by atoms with van der Waals surface area (Å²) in [7, 11) is 3.09. The number of halogens is 1. The van der Waals surface area contributed by atoms with Crippen molar-refractivity contribution in [2.24, 2.45) is 0 Å². The second-order valence-corrected chi connectivity index (χ2v) is 8.82. The van der Waals surface area contributed by atoms with Gasteiger partial charge in [0.1, 0.15) is 0 Å². The van der Waals surface area contributed by atoms with Gasteiger partial charge < -0.3 is 24.4 Å². The van der Waals surface area contributed by atoms with Crippen LogP contribution in [0.4, 0.5) is 27.1 Å². The molecule has 1 aromatic heterocycles. The summed E-state index contributed by atoms with van der Waals surface area (Å²) in [5.41, 5.74) is 3.87. The highest BCUT2D eigenvalue weighted by Crippen LogP contribution is 2.49. The van der Waals surface area contributed by atoms with E-state index in [1.54, 1.807) is 49.7 Å². The van der Waals surface area contributed by atoms with Gasteiger partial charge in [-0.3, -0.25) is 5.10 Å². The number of carbonyl (C=O) groups is 1. The molecule has 0 fully saturated rings. The normalized spacial score (nSPS) is 17.5. The zero-order valence-electron chi connectivity index (χ0n) is 19.6. The fourth-order valence-electron chi connectivity index (χ4n) is 4.82. The zero-order valence-corrected chi connectivity index (χ0v) is 19.6. The molecule has 0 bridgehead atoms. The molecule has 0 saturated carbocycles. The first kappa shape index (κ1) is 22.7. The molecule has 1 atom stereocenters. The number of nitrogens with one attached hydrogen (secondary N) is 1. The van der Waals surface area contributed by atoms with Crippen molar-refractivity contribution >= 4 is 39.6 Å². The summed E-state index contributed by atoms with van der Waals surface area (Å²) in [6, 6.07) is 15.7. The fraction of sp³-hybridized carbons (Fsp3) is 0.231. The van der Waals surface area contributed by atoms with Gasteiger partial charge in [0.25, 0.3) is 0 Å². The molecule has 0 spiro atoms. The summed E-state index contributed by atoms with van der Waals surface area (Å²) >= 11 is 0. The van der Waals surface area contributed by atoms with Crippen molar-refractivity contribution in [2.75, 3.05) is 37.2 Å². The first-order valence-electron chi connectivity index (χ1n) is 11.1. The highest BCUT2D eigenvalue weighted by molar-refractivity contribution is 5.96. The van der Waals surface area contributed by atoms with E-state index >= 15 is 0 Å². The monoisotopic (exact) mass is 476 g/mol. The van der Waals surface area contributed by atoms with E-state index in [0.717, 1.165) is 33.7 Å². The quantitative estimate of drug-likeness (QED) is 0.400. The summed E-state index contributed by atoms with van der Waals surface area (Å²) in [4.78, 5) is 15.7. The topological polar surface area (TPSA) is 90.9 Å². The number of nitrogens with zero attached hydrogens (tertiary/aromatic N) is 3. The van der Waals surface area contributed by atoms with Crippen molar-refractivity contribution in [3.63, 3.8) is 0 Å². The molecule has 5 rings (SSSR count). The average molecular weight is 477 g/mol. The second kappa shape index (κ2) is 8.59. The summed E-state index contributed by atoms with van der Waals surface area (Å²) in [5, 5.41) is 17.5. The minimum atomic E-state index is -0.976. The maximum Gasteiger partial charge on any atom is 0.335 e. The van der Waals surface area contributed by atoms with Crippen molar-refractivity contribution in [3.05, 3.63) is 72.2 Å². The number of fused-ring (bicyclic) bond motifs is 2. The van der Waals surface area contributed by atoms with Crippen LogP contribution in [-0.4, -0.2) is 54.2 Å². The lowest BCUT2D eigenvalue weighted by Gasteiger charge is -2.51. The molecule has 0 aliphatic carbocycles. The van der Waals surface area contributed by atoms with E-state index in [2.05, 4.69) is 26.9 Å². The van der Waals surface area contributed by atoms with Crippen molar-refractivity contribution < 1.29 is 23.8 Å². The summed E-state index contributed by atoms with van der Waals surface area (Å²) in [6.07, 6.45) is 1.76. The van der Waals surface area contributed by atoms with Crippen LogP contribution < -0.4 is 14.5 Å². The third-order valence-electron chi connectivity index (χ3n) is 6.38. The van der Waals surface area contributed by atoms with Crippen molar-refractivity contribution in [2.45, 2.75) is 12.5 Å². The first-order valence-corrected chi connectivity index (χ1v) is 11.1. The van der Waals surface area contributed by atoms with Crippen LogP contribution in [-0.2, 0) is 4.74 Å². The minimum absolute atomic E-state index is 0.153. The minimum Gasteiger partial charge on any atom is -0.494 e. The lowest BCUT2D eigenvalue weighted by molar-refractivity contribution is 0.0697. The molecule has 180 valence electrons. The second-order valence-electron chi connectivity index (χ2n) is 8.82. The molecule has 4 aromatic rings. The Balaban J connectivity index is 1.74. The van der Waals surface area contributed by atoms with Gasteiger partial charge in [0.05, 0.1) is 47.9 Å². The molecule has 9 heteroatoms. The first-order chi connectivity index (χ1) is 16.8. The number of aromatic carboxylic acids is 1. The maximum atomic E-state index is 14.3. The average Bonchev–Trinajstić information content (AvgIpc) is 3.31. The van der Waals surface area contributed by atoms with Crippen molar-refractivity contribution in [3.8, 4) is 5.75 Å². The Hall–Kier alpha value is -4.11. The number of rotatable bonds is 6. The van der Waals surface area contributed by atoms with Crippen LogP contribution in [0.2, 0.25) is 0 Å². The predicted octanol–water partition coefficient (Wildman–Crippen LogP) is 5.10. The zero-order chi connectivity index (χ0) is 24.7. The van der Waals surface area contributed by atoms with Gasteiger partial charge in [-0.05, 0) is 55.5 Å². The van der Waals surface area contributed by atoms with Gasteiger partial charge in [0.2, 0.25) is 0 Å². The van der Waals surface area contributed by atoms with Crippen molar-refractivity contribution in [1.29, 1.82) is 0 Å². The molecule has 1 unspecified atom stereocenters. The Morgan fingerprint density at radius 2 is 1.86 bits per heavy atom. The molecular formula is C26H25FN4O4. The summed E-state index contributed by atoms with van der Waals surface area (Å²) in [5.74, 6) is -1.26. The molecule has 8 nitrogen and oxygen atoms in total. The number of hydrogen-bond donors (Lipinski definition) is 2. The van der Waals surface area contributed by atoms with Gasteiger partial charge in [-0.2, -0.15) is 5.10 Å². The van der Waals surface area contributed by atoms with Gasteiger partial charge in [-0.25, -0.2) is 9.18 Å². The van der Waals surface area contributed by atoms with Crippen LogP contribution in [0.15, 0.2) is 60.8 Å². The largest absolute Gasteiger partial charge is 0.494 e.